The van der Waals surface area contributed by atoms with Gasteiger partial charge in [-0.1, -0.05) is 0 Å². The Bertz CT molecular complexity index is 1030. The van der Waals surface area contributed by atoms with E-state index in [1.54, 1.807) is 25.3 Å². The number of fused-ring (bicyclic) bond motifs is 2. The third-order valence-corrected chi connectivity index (χ3v) is 6.05. The molecule has 0 spiro atoms. The molecular formula is C22H24F3N3O5. The molecule has 178 valence electrons. The first-order valence-corrected chi connectivity index (χ1v) is 10.5. The maximum absolute atomic E-state index is 13.5. The number of carbonyl (C=O) groups excluding carboxylic acids is 1. The lowest BCUT2D eigenvalue weighted by Gasteiger charge is -2.35. The second-order valence-corrected chi connectivity index (χ2v) is 8.17. The predicted molar refractivity (Wildman–Crippen MR) is 110 cm³/mol. The van der Waals surface area contributed by atoms with Gasteiger partial charge in [-0.25, -0.2) is 4.98 Å². The van der Waals surface area contributed by atoms with E-state index >= 15 is 0 Å². The highest BCUT2D eigenvalue weighted by atomic mass is 19.4. The summed E-state index contributed by atoms with van der Waals surface area (Å²) in [7, 11) is 1.47. The summed E-state index contributed by atoms with van der Waals surface area (Å²) >= 11 is 0. The molecule has 0 unspecified atom stereocenters. The summed E-state index contributed by atoms with van der Waals surface area (Å²) in [4.78, 5) is 21.6. The van der Waals surface area contributed by atoms with Crippen molar-refractivity contribution in [3.05, 3.63) is 41.6 Å². The maximum atomic E-state index is 13.5. The highest BCUT2D eigenvalue weighted by Gasteiger charge is 2.60. The van der Waals surface area contributed by atoms with Gasteiger partial charge in [-0.05, 0) is 37.5 Å². The number of amides is 1. The number of methoxy groups -OCH3 is 1. The number of rotatable bonds is 7. The zero-order chi connectivity index (χ0) is 23.8. The van der Waals surface area contributed by atoms with Crippen molar-refractivity contribution >= 4 is 11.7 Å². The van der Waals surface area contributed by atoms with E-state index in [4.69, 9.17) is 14.2 Å². The van der Waals surface area contributed by atoms with Gasteiger partial charge in [-0.15, -0.1) is 0 Å². The maximum Gasteiger partial charge on any atom is 0.416 e. The summed E-state index contributed by atoms with van der Waals surface area (Å²) < 4.78 is 56.3. The Morgan fingerprint density at radius 2 is 2.12 bits per heavy atom. The molecule has 1 amide bonds. The van der Waals surface area contributed by atoms with Gasteiger partial charge in [0, 0.05) is 24.8 Å². The van der Waals surface area contributed by atoms with Gasteiger partial charge >= 0.3 is 6.18 Å². The summed E-state index contributed by atoms with van der Waals surface area (Å²) in [6.45, 7) is 1.74. The van der Waals surface area contributed by atoms with Crippen molar-refractivity contribution in [1.29, 1.82) is 0 Å². The van der Waals surface area contributed by atoms with E-state index in [0.29, 0.717) is 5.88 Å². The number of hydrogen-bond donors (Lipinski definition) is 2. The first kappa shape index (κ1) is 23.2. The second kappa shape index (κ2) is 8.79. The molecule has 33 heavy (non-hydrogen) atoms. The number of ether oxygens (including phenoxy) is 3. The molecule has 4 heterocycles. The number of alkyl halides is 3. The summed E-state index contributed by atoms with van der Waals surface area (Å²) in [6, 6.07) is 4.98. The summed E-state index contributed by atoms with van der Waals surface area (Å²) in [5, 5.41) is 12.7. The first-order valence-electron chi connectivity index (χ1n) is 10.5. The van der Waals surface area contributed by atoms with Gasteiger partial charge in [0.15, 0.2) is 0 Å². The minimum atomic E-state index is -4.64. The number of aromatic nitrogens is 2. The van der Waals surface area contributed by atoms with E-state index in [2.05, 4.69) is 15.3 Å². The lowest BCUT2D eigenvalue weighted by Crippen LogP contribution is -2.48. The fourth-order valence-electron chi connectivity index (χ4n) is 4.50. The fraction of sp³-hybridized carbons (Fsp3) is 0.500. The van der Waals surface area contributed by atoms with Crippen LogP contribution in [0, 0.1) is 5.41 Å². The van der Waals surface area contributed by atoms with Gasteiger partial charge in [0.1, 0.15) is 5.82 Å². The van der Waals surface area contributed by atoms with Crippen LogP contribution in [-0.2, 0) is 22.1 Å². The average Bonchev–Trinajstić information content (AvgIpc) is 3.30. The molecule has 4 atom stereocenters. The van der Waals surface area contributed by atoms with Gasteiger partial charge in [0.2, 0.25) is 17.7 Å². The van der Waals surface area contributed by atoms with Crippen LogP contribution in [0.4, 0.5) is 19.0 Å². The highest BCUT2D eigenvalue weighted by molar-refractivity contribution is 5.96. The zero-order valence-electron chi connectivity index (χ0n) is 18.1. The minimum absolute atomic E-state index is 0.116. The van der Waals surface area contributed by atoms with Crippen LogP contribution in [-0.4, -0.2) is 53.0 Å². The number of anilines is 1. The summed E-state index contributed by atoms with van der Waals surface area (Å²) in [5.74, 6) is -0.677. The van der Waals surface area contributed by atoms with Crippen molar-refractivity contribution in [3.8, 4) is 11.8 Å². The normalized spacial score (nSPS) is 26.3. The monoisotopic (exact) mass is 467 g/mol. The van der Waals surface area contributed by atoms with Crippen molar-refractivity contribution < 1.29 is 37.3 Å². The van der Waals surface area contributed by atoms with E-state index < -0.39 is 41.4 Å². The molecule has 2 saturated heterocycles. The Hall–Kier alpha value is -2.92. The lowest BCUT2D eigenvalue weighted by molar-refractivity contribution is -0.138. The van der Waals surface area contributed by atoms with Gasteiger partial charge < -0.3 is 24.6 Å². The number of halogens is 3. The Labute approximate surface area is 188 Å². The lowest BCUT2D eigenvalue weighted by atomic mass is 9.68. The zero-order valence-corrected chi connectivity index (χ0v) is 18.1. The molecule has 2 aromatic heterocycles. The number of aliphatic hydroxyl groups excluding tert-OH is 1. The molecule has 2 aromatic rings. The quantitative estimate of drug-likeness (QED) is 0.645. The molecule has 2 aliphatic rings. The van der Waals surface area contributed by atoms with Crippen molar-refractivity contribution in [2.24, 2.45) is 5.41 Å². The molecule has 0 aromatic carbocycles. The van der Waals surface area contributed by atoms with Gasteiger partial charge in [-0.2, -0.15) is 18.2 Å². The number of aliphatic hydroxyl groups is 1. The van der Waals surface area contributed by atoms with E-state index in [-0.39, 0.29) is 37.6 Å². The first-order chi connectivity index (χ1) is 15.6. The van der Waals surface area contributed by atoms with Gasteiger partial charge in [0.25, 0.3) is 0 Å². The van der Waals surface area contributed by atoms with E-state index in [9.17, 15) is 23.1 Å². The number of nitrogens with zero attached hydrogens (tertiary/aromatic N) is 2. The van der Waals surface area contributed by atoms with Crippen LogP contribution in [0.25, 0.3) is 0 Å². The third kappa shape index (κ3) is 4.60. The molecular weight excluding hydrogens is 443 g/mol. The number of nitrogens with one attached hydrogen (secondary N) is 1. The Morgan fingerprint density at radius 3 is 2.73 bits per heavy atom. The molecule has 0 saturated carbocycles. The number of carbonyl (C=O) groups is 1. The van der Waals surface area contributed by atoms with E-state index in [0.717, 1.165) is 17.7 Å². The molecule has 8 nitrogen and oxygen atoms in total. The SMILES string of the molecule is CCOc1cc(C(F)(F)F)cc(NC(=O)[C@@]2(Cc3ccnc(OC)c3)C[C@H]3O[C@@H]2C[C@@H]3O)n1. The van der Waals surface area contributed by atoms with E-state index in [1.165, 1.54) is 7.11 Å². The largest absolute Gasteiger partial charge is 0.481 e. The van der Waals surface area contributed by atoms with Crippen LogP contribution in [0.5, 0.6) is 11.8 Å². The second-order valence-electron chi connectivity index (χ2n) is 8.17. The van der Waals surface area contributed by atoms with Crippen molar-refractivity contribution in [2.75, 3.05) is 19.0 Å². The molecule has 0 aliphatic carbocycles. The standard InChI is InChI=1S/C22H24F3N3O5/c1-3-32-19-8-13(22(23,24)25)7-17(27-19)28-20(30)21(11-15-14(29)9-16(21)33-15)10-12-4-5-26-18(6-12)31-2/h4-8,14-16,29H,3,9-11H2,1-2H3,(H,27,28,30)/t14-,15+,16+,21-/m0/s1. The smallest absolute Gasteiger partial charge is 0.416 e. The molecule has 2 fully saturated rings. The van der Waals surface area contributed by atoms with Crippen LogP contribution in [0.15, 0.2) is 30.5 Å². The molecule has 2 N–H and O–H groups in total. The van der Waals surface area contributed by atoms with Gasteiger partial charge in [0.05, 0.1) is 43.0 Å². The van der Waals surface area contributed by atoms with E-state index in [1.807, 2.05) is 0 Å². The van der Waals surface area contributed by atoms with Crippen LogP contribution in [0.1, 0.15) is 30.9 Å². The minimum Gasteiger partial charge on any atom is -0.481 e. The number of hydrogen-bond acceptors (Lipinski definition) is 7. The van der Waals surface area contributed by atoms with Crippen LogP contribution in [0.2, 0.25) is 0 Å². The Kier molecular flexibility index (Phi) is 6.19. The van der Waals surface area contributed by atoms with Crippen LogP contribution >= 0.6 is 0 Å². The van der Waals surface area contributed by atoms with Crippen molar-refractivity contribution in [2.45, 2.75) is 50.7 Å². The molecule has 11 heteroatoms. The fourth-order valence-corrected chi connectivity index (χ4v) is 4.50. The molecule has 4 rings (SSSR count). The Balaban J connectivity index is 1.66. The van der Waals surface area contributed by atoms with Crippen molar-refractivity contribution in [1.82, 2.24) is 9.97 Å². The highest BCUT2D eigenvalue weighted by Crippen LogP contribution is 2.50. The topological polar surface area (TPSA) is 103 Å². The molecule has 2 bridgehead atoms. The van der Waals surface area contributed by atoms with Crippen LogP contribution in [0.3, 0.4) is 0 Å². The average molecular weight is 467 g/mol. The predicted octanol–water partition coefficient (Wildman–Crippen LogP) is 2.99. The molecule has 0 radical (unpaired) electrons. The van der Waals surface area contributed by atoms with Gasteiger partial charge in [-0.3, -0.25) is 4.79 Å². The summed E-state index contributed by atoms with van der Waals surface area (Å²) in [6.07, 6.45) is -4.23. The molecule has 2 aliphatic heterocycles. The number of pyridine rings is 2. The van der Waals surface area contributed by atoms with Crippen LogP contribution < -0.4 is 14.8 Å². The van der Waals surface area contributed by atoms with Crippen molar-refractivity contribution in [3.63, 3.8) is 0 Å². The third-order valence-electron chi connectivity index (χ3n) is 6.05. The summed E-state index contributed by atoms with van der Waals surface area (Å²) in [5.41, 5.74) is -1.35. The Morgan fingerprint density at radius 1 is 1.33 bits per heavy atom.